The van der Waals surface area contributed by atoms with Gasteiger partial charge in [-0.1, -0.05) is 46.8 Å². The number of carbonyl (C=O) groups excluding carboxylic acids is 3. The van der Waals surface area contributed by atoms with Crippen molar-refractivity contribution < 1.29 is 19.1 Å². The first-order chi connectivity index (χ1) is 15.9. The molecule has 0 aliphatic rings. The predicted molar refractivity (Wildman–Crippen MR) is 137 cm³/mol. The van der Waals surface area contributed by atoms with Gasteiger partial charge in [0.05, 0.1) is 0 Å². The van der Waals surface area contributed by atoms with Crippen LogP contribution in [0.3, 0.4) is 0 Å². The number of nitrogens with one attached hydrogen (secondary N) is 4. The smallest absolute Gasteiger partial charge is 0.269 e. The summed E-state index contributed by atoms with van der Waals surface area (Å²) in [6.07, 6.45) is 0.420. The highest BCUT2D eigenvalue weighted by Crippen LogP contribution is 2.24. The minimum Gasteiger partial charge on any atom is -0.484 e. The summed E-state index contributed by atoms with van der Waals surface area (Å²) in [6.45, 7) is 10.1. The van der Waals surface area contributed by atoms with E-state index in [2.05, 4.69) is 42.3 Å². The quantitative estimate of drug-likeness (QED) is 0.353. The van der Waals surface area contributed by atoms with Crippen LogP contribution < -0.4 is 26.2 Å². The van der Waals surface area contributed by atoms with E-state index in [9.17, 15) is 14.4 Å². The number of benzene rings is 2. The van der Waals surface area contributed by atoms with Crippen LogP contribution in [0.5, 0.6) is 5.75 Å². The zero-order valence-corrected chi connectivity index (χ0v) is 21.0. The number of hydrogen-bond donors (Lipinski definition) is 4. The van der Waals surface area contributed by atoms with Crippen LogP contribution in [0.2, 0.25) is 0 Å². The van der Waals surface area contributed by atoms with Crippen molar-refractivity contribution >= 4 is 40.7 Å². The molecule has 0 atom stereocenters. The van der Waals surface area contributed by atoms with Crippen LogP contribution >= 0.6 is 12.2 Å². The van der Waals surface area contributed by atoms with E-state index in [-0.39, 0.29) is 29.0 Å². The number of anilines is 1. The third kappa shape index (κ3) is 9.19. The Morgan fingerprint density at radius 2 is 1.53 bits per heavy atom. The molecule has 0 aliphatic heterocycles. The standard InChI is InChI=1S/C25H32N4O4S/c1-16(2)14-21(30)26-19-10-6-17(7-11-19)23(32)28-29-24(34)27-22(31)15-33-20-12-8-18(9-13-20)25(3,4)5/h6-13,16H,14-15H2,1-5H3,(H,26,30)(H,28,32)(H2,27,29,31,34). The molecule has 2 rings (SSSR count). The first-order valence-corrected chi connectivity index (χ1v) is 11.4. The summed E-state index contributed by atoms with van der Waals surface area (Å²) in [4.78, 5) is 36.1. The lowest BCUT2D eigenvalue weighted by Gasteiger charge is -2.19. The number of hydrogen-bond acceptors (Lipinski definition) is 5. The maximum atomic E-state index is 12.3. The third-order valence-electron chi connectivity index (χ3n) is 4.66. The number of amides is 3. The summed E-state index contributed by atoms with van der Waals surface area (Å²) >= 11 is 5.03. The molecule has 0 saturated heterocycles. The van der Waals surface area contributed by atoms with Crippen molar-refractivity contribution in [2.45, 2.75) is 46.5 Å². The molecule has 8 nitrogen and oxygen atoms in total. The van der Waals surface area contributed by atoms with Crippen LogP contribution in [0.15, 0.2) is 48.5 Å². The van der Waals surface area contributed by atoms with Gasteiger partial charge in [-0.2, -0.15) is 0 Å². The summed E-state index contributed by atoms with van der Waals surface area (Å²) < 4.78 is 5.47. The molecule has 0 aromatic heterocycles. The van der Waals surface area contributed by atoms with E-state index < -0.39 is 11.8 Å². The van der Waals surface area contributed by atoms with Gasteiger partial charge in [0, 0.05) is 17.7 Å². The predicted octanol–water partition coefficient (Wildman–Crippen LogP) is 3.68. The van der Waals surface area contributed by atoms with Crippen LogP contribution in [0.1, 0.15) is 57.0 Å². The summed E-state index contributed by atoms with van der Waals surface area (Å²) in [7, 11) is 0. The third-order valence-corrected chi connectivity index (χ3v) is 4.86. The van der Waals surface area contributed by atoms with E-state index in [0.717, 1.165) is 5.56 Å². The maximum absolute atomic E-state index is 12.3. The number of ether oxygens (including phenoxy) is 1. The fraction of sp³-hybridized carbons (Fsp3) is 0.360. The molecule has 34 heavy (non-hydrogen) atoms. The van der Waals surface area contributed by atoms with Crippen LogP contribution in [0.25, 0.3) is 0 Å². The summed E-state index contributed by atoms with van der Waals surface area (Å²) in [5.41, 5.74) is 7.04. The van der Waals surface area contributed by atoms with Gasteiger partial charge in [-0.3, -0.25) is 30.6 Å². The molecule has 0 spiro atoms. The molecule has 0 aliphatic carbocycles. The van der Waals surface area contributed by atoms with Crippen molar-refractivity contribution in [2.75, 3.05) is 11.9 Å². The van der Waals surface area contributed by atoms with Crippen molar-refractivity contribution in [2.24, 2.45) is 5.92 Å². The molecule has 0 fully saturated rings. The molecule has 0 bridgehead atoms. The lowest BCUT2D eigenvalue weighted by atomic mass is 9.87. The Bertz CT molecular complexity index is 1010. The highest BCUT2D eigenvalue weighted by atomic mass is 32.1. The molecule has 2 aromatic rings. The van der Waals surface area contributed by atoms with E-state index in [1.54, 1.807) is 24.3 Å². The van der Waals surface area contributed by atoms with Gasteiger partial charge in [-0.05, 0) is 65.5 Å². The molecule has 182 valence electrons. The van der Waals surface area contributed by atoms with Gasteiger partial charge < -0.3 is 10.1 Å². The molecular weight excluding hydrogens is 452 g/mol. The van der Waals surface area contributed by atoms with E-state index >= 15 is 0 Å². The highest BCUT2D eigenvalue weighted by Gasteiger charge is 2.14. The van der Waals surface area contributed by atoms with E-state index in [1.165, 1.54) is 0 Å². The second kappa shape index (κ2) is 12.1. The largest absolute Gasteiger partial charge is 0.484 e. The second-order valence-corrected chi connectivity index (χ2v) is 9.65. The van der Waals surface area contributed by atoms with Gasteiger partial charge in [-0.15, -0.1) is 0 Å². The summed E-state index contributed by atoms with van der Waals surface area (Å²) in [6, 6.07) is 14.0. The first-order valence-electron chi connectivity index (χ1n) is 11.0. The van der Waals surface area contributed by atoms with E-state index in [4.69, 9.17) is 17.0 Å². The molecule has 9 heteroatoms. The molecule has 2 aromatic carbocycles. The monoisotopic (exact) mass is 484 g/mol. The van der Waals surface area contributed by atoms with Gasteiger partial charge in [0.15, 0.2) is 11.7 Å². The summed E-state index contributed by atoms with van der Waals surface area (Å²) in [5.74, 6) is -0.174. The molecule has 0 saturated carbocycles. The fourth-order valence-corrected chi connectivity index (χ4v) is 3.03. The van der Waals surface area contributed by atoms with Crippen LogP contribution in [-0.4, -0.2) is 29.4 Å². The molecule has 0 radical (unpaired) electrons. The Morgan fingerprint density at radius 3 is 2.09 bits per heavy atom. The molecule has 3 amide bonds. The number of carbonyl (C=O) groups is 3. The average Bonchev–Trinajstić information content (AvgIpc) is 2.75. The van der Waals surface area contributed by atoms with Crippen molar-refractivity contribution in [1.82, 2.24) is 16.2 Å². The van der Waals surface area contributed by atoms with Crippen molar-refractivity contribution in [3.05, 3.63) is 59.7 Å². The highest BCUT2D eigenvalue weighted by molar-refractivity contribution is 7.80. The Hall–Kier alpha value is -3.46. The van der Waals surface area contributed by atoms with Gasteiger partial charge in [0.1, 0.15) is 5.75 Å². The minimum absolute atomic E-state index is 0.0314. The van der Waals surface area contributed by atoms with Crippen LogP contribution in [0, 0.1) is 5.92 Å². The minimum atomic E-state index is -0.465. The topological polar surface area (TPSA) is 109 Å². The lowest BCUT2D eigenvalue weighted by molar-refractivity contribution is -0.121. The first kappa shape index (κ1) is 26.8. The Morgan fingerprint density at radius 1 is 0.912 bits per heavy atom. The number of hydrazine groups is 1. The number of thiocarbonyl (C=S) groups is 1. The van der Waals surface area contributed by atoms with E-state index in [0.29, 0.717) is 23.4 Å². The number of rotatable bonds is 7. The fourth-order valence-electron chi connectivity index (χ4n) is 2.87. The lowest BCUT2D eigenvalue weighted by Crippen LogP contribution is -2.49. The molecule has 4 N–H and O–H groups in total. The maximum Gasteiger partial charge on any atom is 0.269 e. The second-order valence-electron chi connectivity index (χ2n) is 9.24. The van der Waals surface area contributed by atoms with Crippen molar-refractivity contribution in [3.8, 4) is 5.75 Å². The summed E-state index contributed by atoms with van der Waals surface area (Å²) in [5, 5.41) is 5.14. The zero-order chi connectivity index (χ0) is 25.3. The Balaban J connectivity index is 1.74. The van der Waals surface area contributed by atoms with Gasteiger partial charge >= 0.3 is 0 Å². The normalized spacial score (nSPS) is 10.9. The van der Waals surface area contributed by atoms with Gasteiger partial charge in [-0.25, -0.2) is 0 Å². The molecular formula is C25H32N4O4S. The SMILES string of the molecule is CC(C)CC(=O)Nc1ccc(C(=O)NNC(=S)NC(=O)COc2ccc(C(C)(C)C)cc2)cc1. The zero-order valence-electron chi connectivity index (χ0n) is 20.2. The van der Waals surface area contributed by atoms with Crippen molar-refractivity contribution in [3.63, 3.8) is 0 Å². The van der Waals surface area contributed by atoms with Crippen molar-refractivity contribution in [1.29, 1.82) is 0 Å². The molecule has 0 unspecified atom stereocenters. The molecule has 0 heterocycles. The van der Waals surface area contributed by atoms with Gasteiger partial charge in [0.2, 0.25) is 5.91 Å². The van der Waals surface area contributed by atoms with E-state index in [1.807, 2.05) is 38.1 Å². The van der Waals surface area contributed by atoms with Crippen LogP contribution in [-0.2, 0) is 15.0 Å². The average molecular weight is 485 g/mol. The Labute approximate surface area is 205 Å². The Kier molecular flexibility index (Phi) is 9.56. The van der Waals surface area contributed by atoms with Crippen LogP contribution in [0.4, 0.5) is 5.69 Å². The van der Waals surface area contributed by atoms with Gasteiger partial charge in [0.25, 0.3) is 11.8 Å².